The Bertz CT molecular complexity index is 583. The predicted octanol–water partition coefficient (Wildman–Crippen LogP) is 4.87. The van der Waals surface area contributed by atoms with Crippen LogP contribution >= 0.6 is 23.4 Å². The molecule has 2 aromatic rings. The van der Waals surface area contributed by atoms with Crippen LogP contribution in [0.1, 0.15) is 13.8 Å². The van der Waals surface area contributed by atoms with Crippen LogP contribution < -0.4 is 4.90 Å². The van der Waals surface area contributed by atoms with E-state index in [2.05, 4.69) is 0 Å². The summed E-state index contributed by atoms with van der Waals surface area (Å²) in [6.07, 6.45) is 0. The standard InChI is InChI=1S/C17H18ClNOS/c1-13(2)19(15-6-4-3-5-7-15)17(20)12-21-16-10-8-14(18)9-11-16/h3-11,13H,12H2,1-2H3. The Labute approximate surface area is 135 Å². The maximum atomic E-state index is 12.5. The second-order valence-corrected chi connectivity index (χ2v) is 6.42. The minimum absolute atomic E-state index is 0.108. The van der Waals surface area contributed by atoms with E-state index in [1.165, 1.54) is 11.8 Å². The van der Waals surface area contributed by atoms with E-state index < -0.39 is 0 Å². The van der Waals surface area contributed by atoms with Gasteiger partial charge in [0.05, 0.1) is 5.75 Å². The van der Waals surface area contributed by atoms with Crippen molar-refractivity contribution in [1.82, 2.24) is 0 Å². The number of thioether (sulfide) groups is 1. The first kappa shape index (κ1) is 15.9. The molecule has 2 aromatic carbocycles. The molecule has 0 fully saturated rings. The van der Waals surface area contributed by atoms with Crippen molar-refractivity contribution >= 4 is 35.0 Å². The lowest BCUT2D eigenvalue weighted by atomic mass is 10.2. The number of benzene rings is 2. The molecule has 21 heavy (non-hydrogen) atoms. The normalized spacial score (nSPS) is 10.7. The molecule has 0 unspecified atom stereocenters. The summed E-state index contributed by atoms with van der Waals surface area (Å²) in [7, 11) is 0. The van der Waals surface area contributed by atoms with Crippen molar-refractivity contribution in [2.75, 3.05) is 10.7 Å². The van der Waals surface area contributed by atoms with E-state index in [1.54, 1.807) is 0 Å². The number of rotatable bonds is 5. The fourth-order valence-electron chi connectivity index (χ4n) is 2.06. The van der Waals surface area contributed by atoms with Crippen molar-refractivity contribution in [1.29, 1.82) is 0 Å². The minimum Gasteiger partial charge on any atom is -0.309 e. The Morgan fingerprint density at radius 1 is 1.10 bits per heavy atom. The molecule has 2 nitrogen and oxygen atoms in total. The third kappa shape index (κ3) is 4.51. The van der Waals surface area contributed by atoms with Crippen LogP contribution in [0, 0.1) is 0 Å². The van der Waals surface area contributed by atoms with Gasteiger partial charge in [0.2, 0.25) is 5.91 Å². The van der Waals surface area contributed by atoms with Crippen LogP contribution in [-0.2, 0) is 4.79 Å². The summed E-state index contributed by atoms with van der Waals surface area (Å²) in [6, 6.07) is 17.5. The highest BCUT2D eigenvalue weighted by molar-refractivity contribution is 8.00. The van der Waals surface area contributed by atoms with Gasteiger partial charge in [-0.05, 0) is 50.2 Å². The van der Waals surface area contributed by atoms with Gasteiger partial charge in [-0.2, -0.15) is 0 Å². The minimum atomic E-state index is 0.108. The van der Waals surface area contributed by atoms with E-state index in [1.807, 2.05) is 73.3 Å². The molecule has 4 heteroatoms. The van der Waals surface area contributed by atoms with Crippen molar-refractivity contribution < 1.29 is 4.79 Å². The molecule has 0 aromatic heterocycles. The Morgan fingerprint density at radius 3 is 2.29 bits per heavy atom. The van der Waals surface area contributed by atoms with Crippen LogP contribution in [0.5, 0.6) is 0 Å². The van der Waals surface area contributed by atoms with Crippen LogP contribution in [0.4, 0.5) is 5.69 Å². The molecule has 0 aliphatic rings. The first-order chi connectivity index (χ1) is 10.1. The predicted molar refractivity (Wildman–Crippen MR) is 91.2 cm³/mol. The summed E-state index contributed by atoms with van der Waals surface area (Å²) >= 11 is 7.39. The second kappa shape index (κ2) is 7.53. The van der Waals surface area contributed by atoms with Gasteiger partial charge in [-0.3, -0.25) is 4.79 Å². The molecule has 0 saturated carbocycles. The van der Waals surface area contributed by atoms with Crippen molar-refractivity contribution in [3.05, 3.63) is 59.6 Å². The molecular formula is C17H18ClNOS. The molecule has 0 heterocycles. The van der Waals surface area contributed by atoms with Crippen molar-refractivity contribution in [3.63, 3.8) is 0 Å². The Hall–Kier alpha value is -1.45. The van der Waals surface area contributed by atoms with Gasteiger partial charge < -0.3 is 4.90 Å². The van der Waals surface area contributed by atoms with Gasteiger partial charge in [0, 0.05) is 21.6 Å². The van der Waals surface area contributed by atoms with Gasteiger partial charge in [0.15, 0.2) is 0 Å². The lowest BCUT2D eigenvalue weighted by Gasteiger charge is -2.26. The van der Waals surface area contributed by atoms with Crippen LogP contribution in [-0.4, -0.2) is 17.7 Å². The van der Waals surface area contributed by atoms with Gasteiger partial charge in [-0.15, -0.1) is 11.8 Å². The second-order valence-electron chi connectivity index (χ2n) is 4.94. The molecule has 0 N–H and O–H groups in total. The molecule has 2 rings (SSSR count). The number of para-hydroxylation sites is 1. The third-order valence-corrected chi connectivity index (χ3v) is 4.24. The number of hydrogen-bond donors (Lipinski definition) is 0. The maximum absolute atomic E-state index is 12.5. The molecular weight excluding hydrogens is 302 g/mol. The highest BCUT2D eigenvalue weighted by Gasteiger charge is 2.18. The number of hydrogen-bond acceptors (Lipinski definition) is 2. The fraction of sp³-hybridized carbons (Fsp3) is 0.235. The van der Waals surface area contributed by atoms with Gasteiger partial charge in [-0.25, -0.2) is 0 Å². The molecule has 0 saturated heterocycles. The number of carbonyl (C=O) groups is 1. The largest absolute Gasteiger partial charge is 0.309 e. The smallest absolute Gasteiger partial charge is 0.237 e. The zero-order valence-electron chi connectivity index (χ0n) is 12.1. The summed E-state index contributed by atoms with van der Waals surface area (Å²) in [6.45, 7) is 4.05. The zero-order valence-corrected chi connectivity index (χ0v) is 13.7. The van der Waals surface area contributed by atoms with Gasteiger partial charge in [0.25, 0.3) is 0 Å². The summed E-state index contributed by atoms with van der Waals surface area (Å²) < 4.78 is 0. The fourth-order valence-corrected chi connectivity index (χ4v) is 2.95. The molecule has 0 bridgehead atoms. The van der Waals surface area contributed by atoms with E-state index in [4.69, 9.17) is 11.6 Å². The topological polar surface area (TPSA) is 20.3 Å². The maximum Gasteiger partial charge on any atom is 0.237 e. The van der Waals surface area contributed by atoms with E-state index in [0.717, 1.165) is 10.6 Å². The van der Waals surface area contributed by atoms with Crippen LogP contribution in [0.3, 0.4) is 0 Å². The van der Waals surface area contributed by atoms with Gasteiger partial charge in [0.1, 0.15) is 0 Å². The summed E-state index contributed by atoms with van der Waals surface area (Å²) in [5, 5.41) is 0.707. The van der Waals surface area contributed by atoms with E-state index in [9.17, 15) is 4.79 Å². The third-order valence-electron chi connectivity index (χ3n) is 3.00. The molecule has 0 aliphatic carbocycles. The quantitative estimate of drug-likeness (QED) is 0.732. The van der Waals surface area contributed by atoms with Crippen LogP contribution in [0.25, 0.3) is 0 Å². The average Bonchev–Trinajstić information content (AvgIpc) is 2.47. The van der Waals surface area contributed by atoms with E-state index >= 15 is 0 Å². The van der Waals surface area contributed by atoms with Gasteiger partial charge >= 0.3 is 0 Å². The van der Waals surface area contributed by atoms with Crippen LogP contribution in [0.2, 0.25) is 5.02 Å². The first-order valence-electron chi connectivity index (χ1n) is 6.83. The van der Waals surface area contributed by atoms with Crippen molar-refractivity contribution in [2.24, 2.45) is 0 Å². The van der Waals surface area contributed by atoms with Gasteiger partial charge in [-0.1, -0.05) is 29.8 Å². The molecule has 110 valence electrons. The monoisotopic (exact) mass is 319 g/mol. The first-order valence-corrected chi connectivity index (χ1v) is 8.20. The highest BCUT2D eigenvalue weighted by atomic mass is 35.5. The van der Waals surface area contributed by atoms with Crippen molar-refractivity contribution in [2.45, 2.75) is 24.8 Å². The number of halogens is 1. The lowest BCUT2D eigenvalue weighted by Crippen LogP contribution is -2.38. The summed E-state index contributed by atoms with van der Waals surface area (Å²) in [5.41, 5.74) is 0.939. The molecule has 0 aliphatic heterocycles. The van der Waals surface area contributed by atoms with Crippen LogP contribution in [0.15, 0.2) is 59.5 Å². The molecule has 1 amide bonds. The molecule has 0 radical (unpaired) electrons. The molecule has 0 spiro atoms. The number of nitrogens with zero attached hydrogens (tertiary/aromatic N) is 1. The number of anilines is 1. The Morgan fingerprint density at radius 2 is 1.71 bits per heavy atom. The van der Waals surface area contributed by atoms with Crippen molar-refractivity contribution in [3.8, 4) is 0 Å². The number of amides is 1. The Balaban J connectivity index is 2.04. The van der Waals surface area contributed by atoms with E-state index in [0.29, 0.717) is 10.8 Å². The SMILES string of the molecule is CC(C)N(C(=O)CSc1ccc(Cl)cc1)c1ccccc1. The lowest BCUT2D eigenvalue weighted by molar-refractivity contribution is -0.116. The zero-order chi connectivity index (χ0) is 15.2. The Kier molecular flexibility index (Phi) is 5.71. The summed E-state index contributed by atoms with van der Waals surface area (Å²) in [5.74, 6) is 0.519. The average molecular weight is 320 g/mol. The molecule has 0 atom stereocenters. The number of carbonyl (C=O) groups excluding carboxylic acids is 1. The van der Waals surface area contributed by atoms with E-state index in [-0.39, 0.29) is 11.9 Å². The highest BCUT2D eigenvalue weighted by Crippen LogP contribution is 2.23. The summed E-state index contributed by atoms with van der Waals surface area (Å²) in [4.78, 5) is 15.4.